The van der Waals surface area contributed by atoms with Crippen molar-refractivity contribution < 1.29 is 0 Å². The van der Waals surface area contributed by atoms with Gasteiger partial charge in [-0.05, 0) is 25.7 Å². The summed E-state index contributed by atoms with van der Waals surface area (Å²) >= 11 is 3.57. The fourth-order valence-corrected chi connectivity index (χ4v) is 5.20. The Kier molecular flexibility index (Phi) is 8.05. The number of fused-ring (bicyclic) bond motifs is 1. The lowest BCUT2D eigenvalue weighted by Gasteiger charge is -2.20. The Morgan fingerprint density at radius 2 is 1.96 bits per heavy atom. The summed E-state index contributed by atoms with van der Waals surface area (Å²) in [6.07, 6.45) is 4.92. The van der Waals surface area contributed by atoms with E-state index < -0.39 is 0 Å². The Hall–Kier alpha value is -0.740. The van der Waals surface area contributed by atoms with Gasteiger partial charge in [-0.15, -0.1) is 46.7 Å². The molecule has 2 heterocycles. The van der Waals surface area contributed by atoms with E-state index in [-0.39, 0.29) is 29.4 Å². The first-order chi connectivity index (χ1) is 12.4. The normalized spacial score (nSPS) is 14.5. The largest absolute Gasteiger partial charge is 0.350 e. The Labute approximate surface area is 187 Å². The van der Waals surface area contributed by atoms with Gasteiger partial charge in [0, 0.05) is 29.8 Å². The molecule has 5 nitrogen and oxygen atoms in total. The first kappa shape index (κ1) is 22.5. The number of hydrogen-bond acceptors (Lipinski definition) is 5. The van der Waals surface area contributed by atoms with E-state index in [1.54, 1.807) is 11.3 Å². The van der Waals surface area contributed by atoms with E-state index in [0.29, 0.717) is 6.54 Å². The van der Waals surface area contributed by atoms with Crippen molar-refractivity contribution in [1.82, 2.24) is 20.2 Å². The molecule has 0 aromatic carbocycles. The summed E-state index contributed by atoms with van der Waals surface area (Å²) in [5.41, 5.74) is 2.57. The zero-order valence-corrected chi connectivity index (χ0v) is 20.8. The molecule has 150 valence electrons. The lowest BCUT2D eigenvalue weighted by atomic mass is 9.93. The summed E-state index contributed by atoms with van der Waals surface area (Å²) in [6, 6.07) is 0. The molecule has 2 aromatic heterocycles. The van der Waals surface area contributed by atoms with Crippen LogP contribution in [0.4, 0.5) is 0 Å². The molecule has 0 bridgehead atoms. The third kappa shape index (κ3) is 5.87. The van der Waals surface area contributed by atoms with Gasteiger partial charge in [0.2, 0.25) is 0 Å². The topological polar surface area (TPSA) is 53.4 Å². The van der Waals surface area contributed by atoms with Crippen LogP contribution in [-0.2, 0) is 31.3 Å². The summed E-state index contributed by atoms with van der Waals surface area (Å²) in [6.45, 7) is 8.08. The smallest absolute Gasteiger partial charge is 0.194 e. The standard InChI is InChI=1S/C19H29N5S2.HI/c1-19(2,3)15-12-25-16(23-15)10-21-18(20-4)24(5)11-17-22-13-8-6-7-9-14(13)26-17;/h12H,6-11H2,1-5H3,(H,20,21);1H. The van der Waals surface area contributed by atoms with Gasteiger partial charge in [0.1, 0.15) is 10.0 Å². The van der Waals surface area contributed by atoms with Crippen molar-refractivity contribution in [1.29, 1.82) is 0 Å². The number of aryl methyl sites for hydroxylation is 2. The molecule has 3 rings (SSSR count). The van der Waals surface area contributed by atoms with Gasteiger partial charge in [0.25, 0.3) is 0 Å². The predicted molar refractivity (Wildman–Crippen MR) is 127 cm³/mol. The SMILES string of the molecule is CN=C(NCc1nc(C(C)(C)C)cs1)N(C)Cc1nc2c(s1)CCCC2.I. The second-order valence-corrected chi connectivity index (χ2v) is 9.93. The van der Waals surface area contributed by atoms with Crippen LogP contribution in [0.25, 0.3) is 0 Å². The van der Waals surface area contributed by atoms with E-state index >= 15 is 0 Å². The number of aromatic nitrogens is 2. The van der Waals surface area contributed by atoms with Crippen LogP contribution in [0, 0.1) is 0 Å². The highest BCUT2D eigenvalue weighted by molar-refractivity contribution is 14.0. The number of nitrogens with zero attached hydrogens (tertiary/aromatic N) is 4. The molecule has 0 saturated heterocycles. The minimum atomic E-state index is 0. The Morgan fingerprint density at radius 1 is 1.22 bits per heavy atom. The highest BCUT2D eigenvalue weighted by Gasteiger charge is 2.19. The van der Waals surface area contributed by atoms with E-state index in [1.165, 1.54) is 34.8 Å². The van der Waals surface area contributed by atoms with Crippen LogP contribution in [-0.4, -0.2) is 34.9 Å². The van der Waals surface area contributed by atoms with E-state index in [4.69, 9.17) is 9.97 Å². The van der Waals surface area contributed by atoms with Gasteiger partial charge in [-0.25, -0.2) is 9.97 Å². The second-order valence-electron chi connectivity index (χ2n) is 7.82. The second kappa shape index (κ2) is 9.65. The first-order valence-corrected chi connectivity index (χ1v) is 10.9. The third-order valence-corrected chi connectivity index (χ3v) is 6.54. The van der Waals surface area contributed by atoms with Crippen molar-refractivity contribution in [3.05, 3.63) is 31.7 Å². The molecular weight excluding hydrogens is 489 g/mol. The third-order valence-electron chi connectivity index (χ3n) is 4.55. The van der Waals surface area contributed by atoms with Gasteiger partial charge in [-0.1, -0.05) is 20.8 Å². The van der Waals surface area contributed by atoms with Crippen LogP contribution in [0.3, 0.4) is 0 Å². The number of guanidine groups is 1. The molecule has 0 radical (unpaired) electrons. The molecule has 0 fully saturated rings. The van der Waals surface area contributed by atoms with Crippen LogP contribution < -0.4 is 5.32 Å². The molecule has 0 unspecified atom stereocenters. The number of thiazole rings is 2. The van der Waals surface area contributed by atoms with Crippen molar-refractivity contribution in [3.63, 3.8) is 0 Å². The van der Waals surface area contributed by atoms with Crippen LogP contribution in [0.1, 0.15) is 59.9 Å². The Bertz CT molecular complexity index is 752. The maximum atomic E-state index is 4.84. The van der Waals surface area contributed by atoms with Crippen molar-refractivity contribution in [3.8, 4) is 0 Å². The average Bonchev–Trinajstić information content (AvgIpc) is 3.21. The molecule has 0 aliphatic heterocycles. The van der Waals surface area contributed by atoms with Crippen LogP contribution in [0.5, 0.6) is 0 Å². The van der Waals surface area contributed by atoms with Gasteiger partial charge in [0.05, 0.1) is 24.5 Å². The maximum absolute atomic E-state index is 4.84. The molecule has 1 aliphatic carbocycles. The monoisotopic (exact) mass is 519 g/mol. The average molecular weight is 520 g/mol. The summed E-state index contributed by atoms with van der Waals surface area (Å²) < 4.78 is 0. The van der Waals surface area contributed by atoms with E-state index in [1.807, 2.05) is 18.4 Å². The Morgan fingerprint density at radius 3 is 2.59 bits per heavy atom. The fourth-order valence-electron chi connectivity index (χ4n) is 3.03. The van der Waals surface area contributed by atoms with Gasteiger partial charge in [-0.3, -0.25) is 4.99 Å². The molecule has 2 aromatic rings. The zero-order chi connectivity index (χ0) is 18.7. The van der Waals surface area contributed by atoms with Gasteiger partial charge < -0.3 is 10.2 Å². The minimum Gasteiger partial charge on any atom is -0.350 e. The van der Waals surface area contributed by atoms with E-state index in [2.05, 4.69) is 48.4 Å². The molecule has 1 N–H and O–H groups in total. The molecule has 0 atom stereocenters. The number of aliphatic imine (C=N–C) groups is 1. The van der Waals surface area contributed by atoms with Gasteiger partial charge in [0.15, 0.2) is 5.96 Å². The van der Waals surface area contributed by atoms with Gasteiger partial charge in [-0.2, -0.15) is 0 Å². The van der Waals surface area contributed by atoms with Crippen molar-refractivity contribution in [2.24, 2.45) is 4.99 Å². The van der Waals surface area contributed by atoms with Crippen molar-refractivity contribution in [2.45, 2.75) is 65.0 Å². The lowest BCUT2D eigenvalue weighted by Crippen LogP contribution is -2.38. The van der Waals surface area contributed by atoms with E-state index in [0.717, 1.165) is 29.6 Å². The number of nitrogens with one attached hydrogen (secondary N) is 1. The van der Waals surface area contributed by atoms with Gasteiger partial charge >= 0.3 is 0 Å². The molecule has 1 aliphatic rings. The molecule has 0 saturated carbocycles. The molecule has 27 heavy (non-hydrogen) atoms. The highest BCUT2D eigenvalue weighted by Crippen LogP contribution is 2.27. The first-order valence-electron chi connectivity index (χ1n) is 9.21. The molecule has 0 spiro atoms. The zero-order valence-electron chi connectivity index (χ0n) is 16.8. The molecule has 0 amide bonds. The highest BCUT2D eigenvalue weighted by atomic mass is 127. The summed E-state index contributed by atoms with van der Waals surface area (Å²) in [5.74, 6) is 0.880. The lowest BCUT2D eigenvalue weighted by molar-refractivity contribution is 0.474. The Balaban J connectivity index is 0.00000261. The maximum Gasteiger partial charge on any atom is 0.194 e. The summed E-state index contributed by atoms with van der Waals surface area (Å²) in [4.78, 5) is 17.6. The van der Waals surface area contributed by atoms with Crippen molar-refractivity contribution in [2.75, 3.05) is 14.1 Å². The van der Waals surface area contributed by atoms with Crippen LogP contribution >= 0.6 is 46.7 Å². The number of halogens is 1. The summed E-state index contributed by atoms with van der Waals surface area (Å²) in [7, 11) is 3.90. The van der Waals surface area contributed by atoms with E-state index in [9.17, 15) is 0 Å². The molecular formula is C19H30IN5S2. The number of hydrogen-bond donors (Lipinski definition) is 1. The quantitative estimate of drug-likeness (QED) is 0.365. The summed E-state index contributed by atoms with van der Waals surface area (Å²) in [5, 5.41) is 7.87. The fraction of sp³-hybridized carbons (Fsp3) is 0.632. The van der Waals surface area contributed by atoms with Crippen molar-refractivity contribution >= 4 is 52.6 Å². The van der Waals surface area contributed by atoms with Crippen LogP contribution in [0.2, 0.25) is 0 Å². The van der Waals surface area contributed by atoms with Crippen LogP contribution in [0.15, 0.2) is 10.4 Å². The molecule has 8 heteroatoms. The number of rotatable bonds is 4. The minimum absolute atomic E-state index is 0. The predicted octanol–water partition coefficient (Wildman–Crippen LogP) is 4.60.